The van der Waals surface area contributed by atoms with Crippen molar-refractivity contribution in [2.24, 2.45) is 7.05 Å². The summed E-state index contributed by atoms with van der Waals surface area (Å²) in [5.74, 6) is -5.17. The fourth-order valence-corrected chi connectivity index (χ4v) is 5.21. The summed E-state index contributed by atoms with van der Waals surface area (Å²) in [6, 6.07) is 12.1. The molecule has 5 rings (SSSR count). The Bertz CT molecular complexity index is 1460. The van der Waals surface area contributed by atoms with Gasteiger partial charge < -0.3 is 14.8 Å². The fourth-order valence-electron chi connectivity index (χ4n) is 4.18. The number of anilines is 1. The standard InChI is InChI=1S/C24H21F2N5O2S/c1-13-20(34-16-7-8-18-15(9-16)12-28-29-18)10-19(30(13)2)22(32)27-11-14-5-4-6-17-21(14)31(3)23(33)24(17,25)26/h4-10,12H,11H2,1-3H3,(H,27,32)(H,28,29). The quantitative estimate of drug-likeness (QED) is 0.444. The van der Waals surface area contributed by atoms with E-state index in [-0.39, 0.29) is 23.7 Å². The maximum atomic E-state index is 14.3. The lowest BCUT2D eigenvalue weighted by Crippen LogP contribution is -2.31. The van der Waals surface area contributed by atoms with Crippen LogP contribution in [-0.4, -0.2) is 33.6 Å². The number of halogens is 2. The molecular weight excluding hydrogens is 460 g/mol. The van der Waals surface area contributed by atoms with E-state index in [4.69, 9.17) is 0 Å². The normalized spacial score (nSPS) is 14.6. The van der Waals surface area contributed by atoms with Crippen LogP contribution < -0.4 is 10.2 Å². The number of nitrogens with zero attached hydrogens (tertiary/aromatic N) is 3. The Morgan fingerprint density at radius 1 is 1.21 bits per heavy atom. The maximum absolute atomic E-state index is 14.3. The van der Waals surface area contributed by atoms with Gasteiger partial charge in [0, 0.05) is 41.5 Å². The second-order valence-electron chi connectivity index (χ2n) is 8.19. The molecule has 0 saturated carbocycles. The third kappa shape index (κ3) is 3.45. The van der Waals surface area contributed by atoms with E-state index in [2.05, 4.69) is 15.5 Å². The van der Waals surface area contributed by atoms with Crippen LogP contribution in [0.3, 0.4) is 0 Å². The number of carbonyl (C=O) groups is 2. The monoisotopic (exact) mass is 481 g/mol. The minimum atomic E-state index is -3.56. The number of nitrogens with one attached hydrogen (secondary N) is 2. The zero-order chi connectivity index (χ0) is 24.2. The first-order valence-electron chi connectivity index (χ1n) is 10.5. The molecule has 34 heavy (non-hydrogen) atoms. The molecule has 1 aliphatic heterocycles. The van der Waals surface area contributed by atoms with Crippen LogP contribution in [0.2, 0.25) is 0 Å². The number of carbonyl (C=O) groups excluding carboxylic acids is 2. The molecule has 174 valence electrons. The molecule has 0 atom stereocenters. The Kier molecular flexibility index (Phi) is 5.20. The molecule has 3 heterocycles. The van der Waals surface area contributed by atoms with Crippen molar-refractivity contribution in [1.82, 2.24) is 20.1 Å². The molecule has 4 aromatic rings. The van der Waals surface area contributed by atoms with Gasteiger partial charge >= 0.3 is 11.8 Å². The van der Waals surface area contributed by atoms with E-state index in [1.807, 2.05) is 31.2 Å². The molecule has 2 aromatic heterocycles. The summed E-state index contributed by atoms with van der Waals surface area (Å²) in [5.41, 5.74) is 2.58. The van der Waals surface area contributed by atoms with Gasteiger partial charge in [-0.2, -0.15) is 13.9 Å². The van der Waals surface area contributed by atoms with Crippen LogP contribution in [0.1, 0.15) is 27.3 Å². The minimum absolute atomic E-state index is 0.0135. The Morgan fingerprint density at radius 2 is 2.00 bits per heavy atom. The highest BCUT2D eigenvalue weighted by atomic mass is 32.2. The number of amides is 2. The van der Waals surface area contributed by atoms with Crippen LogP contribution in [0, 0.1) is 6.92 Å². The number of fused-ring (bicyclic) bond motifs is 2. The molecule has 0 radical (unpaired) electrons. The first-order chi connectivity index (χ1) is 16.2. The molecule has 0 fully saturated rings. The first kappa shape index (κ1) is 22.1. The predicted octanol–water partition coefficient (Wildman–Crippen LogP) is 4.36. The molecule has 0 spiro atoms. The van der Waals surface area contributed by atoms with Gasteiger partial charge in [-0.25, -0.2) is 0 Å². The lowest BCUT2D eigenvalue weighted by atomic mass is 10.1. The summed E-state index contributed by atoms with van der Waals surface area (Å²) in [4.78, 5) is 27.9. The van der Waals surface area contributed by atoms with Crippen molar-refractivity contribution in [3.63, 3.8) is 0 Å². The second kappa shape index (κ2) is 7.98. The van der Waals surface area contributed by atoms with Crippen molar-refractivity contribution in [1.29, 1.82) is 0 Å². The molecule has 2 N–H and O–H groups in total. The summed E-state index contributed by atoms with van der Waals surface area (Å²) in [6.07, 6.45) is 1.76. The SMILES string of the molecule is Cc1c(Sc2ccc3[nH]ncc3c2)cc(C(=O)NCc2cccc3c2N(C)C(=O)C3(F)F)n1C. The van der Waals surface area contributed by atoms with E-state index in [9.17, 15) is 18.4 Å². The second-order valence-corrected chi connectivity index (χ2v) is 9.31. The van der Waals surface area contributed by atoms with Crippen LogP contribution in [0.4, 0.5) is 14.5 Å². The van der Waals surface area contributed by atoms with Gasteiger partial charge in [-0.1, -0.05) is 30.0 Å². The van der Waals surface area contributed by atoms with Crippen LogP contribution in [0.25, 0.3) is 10.9 Å². The number of aromatic nitrogens is 3. The Morgan fingerprint density at radius 3 is 2.79 bits per heavy atom. The molecule has 2 amide bonds. The van der Waals surface area contributed by atoms with Gasteiger partial charge in [0.15, 0.2) is 0 Å². The van der Waals surface area contributed by atoms with Crippen LogP contribution in [0.5, 0.6) is 0 Å². The van der Waals surface area contributed by atoms with Crippen LogP contribution in [0.15, 0.2) is 58.5 Å². The number of para-hydroxylation sites is 1. The highest BCUT2D eigenvalue weighted by Crippen LogP contribution is 2.45. The highest BCUT2D eigenvalue weighted by molar-refractivity contribution is 7.99. The lowest BCUT2D eigenvalue weighted by molar-refractivity contribution is -0.141. The van der Waals surface area contributed by atoms with E-state index >= 15 is 0 Å². The molecule has 0 aliphatic carbocycles. The number of hydrogen-bond acceptors (Lipinski definition) is 4. The largest absolute Gasteiger partial charge is 0.352 e. The average molecular weight is 482 g/mol. The summed E-state index contributed by atoms with van der Waals surface area (Å²) in [5, 5.41) is 10.8. The van der Waals surface area contributed by atoms with Crippen LogP contribution >= 0.6 is 11.8 Å². The number of hydrogen-bond donors (Lipinski definition) is 2. The average Bonchev–Trinajstić information content (AvgIpc) is 3.45. The summed E-state index contributed by atoms with van der Waals surface area (Å²) in [6.45, 7) is 1.95. The highest BCUT2D eigenvalue weighted by Gasteiger charge is 2.52. The summed E-state index contributed by atoms with van der Waals surface area (Å²) in [7, 11) is 3.12. The topological polar surface area (TPSA) is 83.0 Å². The number of benzene rings is 2. The van der Waals surface area contributed by atoms with Crippen LogP contribution in [-0.2, 0) is 24.3 Å². The molecule has 1 aliphatic rings. The van der Waals surface area contributed by atoms with Crippen molar-refractivity contribution in [2.45, 2.75) is 29.2 Å². The molecule has 7 nitrogen and oxygen atoms in total. The van der Waals surface area contributed by atoms with Crippen molar-refractivity contribution in [2.75, 3.05) is 11.9 Å². The molecule has 0 bridgehead atoms. The molecule has 10 heteroatoms. The van der Waals surface area contributed by atoms with Crippen molar-refractivity contribution in [3.8, 4) is 0 Å². The van der Waals surface area contributed by atoms with E-state index in [1.165, 1.54) is 19.2 Å². The first-order valence-corrected chi connectivity index (χ1v) is 11.3. The fraction of sp³-hybridized carbons (Fsp3) is 0.208. The van der Waals surface area contributed by atoms with Crippen molar-refractivity contribution < 1.29 is 18.4 Å². The Hall–Kier alpha value is -3.66. The van der Waals surface area contributed by atoms with Gasteiger partial charge in [-0.3, -0.25) is 14.7 Å². The van der Waals surface area contributed by atoms with E-state index in [0.717, 1.165) is 31.3 Å². The van der Waals surface area contributed by atoms with Gasteiger partial charge in [0.1, 0.15) is 5.69 Å². The Labute approximate surface area is 198 Å². The maximum Gasteiger partial charge on any atom is 0.352 e. The number of H-pyrrole nitrogens is 1. The minimum Gasteiger partial charge on any atom is -0.347 e. The molecule has 2 aromatic carbocycles. The number of rotatable bonds is 5. The van der Waals surface area contributed by atoms with Crippen molar-refractivity contribution in [3.05, 3.63) is 71.2 Å². The third-order valence-electron chi connectivity index (χ3n) is 6.17. The third-order valence-corrected chi connectivity index (χ3v) is 7.29. The zero-order valence-electron chi connectivity index (χ0n) is 18.6. The lowest BCUT2D eigenvalue weighted by Gasteiger charge is -2.15. The predicted molar refractivity (Wildman–Crippen MR) is 125 cm³/mol. The summed E-state index contributed by atoms with van der Waals surface area (Å²) < 4.78 is 30.4. The molecular formula is C24H21F2N5O2S. The van der Waals surface area contributed by atoms with Gasteiger partial charge in [0.25, 0.3) is 5.91 Å². The van der Waals surface area contributed by atoms with E-state index in [1.54, 1.807) is 35.6 Å². The number of alkyl halides is 2. The molecule has 0 saturated heterocycles. The number of likely N-dealkylation sites (N-methyl/N-ethyl adjacent to an activating group) is 1. The van der Waals surface area contributed by atoms with Gasteiger partial charge in [0.05, 0.1) is 23.0 Å². The van der Waals surface area contributed by atoms with E-state index in [0.29, 0.717) is 11.3 Å². The van der Waals surface area contributed by atoms with Gasteiger partial charge in [-0.05, 0) is 36.8 Å². The van der Waals surface area contributed by atoms with Gasteiger partial charge in [0.2, 0.25) is 0 Å². The van der Waals surface area contributed by atoms with Gasteiger partial charge in [-0.15, -0.1) is 0 Å². The summed E-state index contributed by atoms with van der Waals surface area (Å²) >= 11 is 1.55. The number of aromatic amines is 1. The molecule has 0 unspecified atom stereocenters. The van der Waals surface area contributed by atoms with Crippen molar-refractivity contribution >= 4 is 40.2 Å². The smallest absolute Gasteiger partial charge is 0.347 e. The Balaban J connectivity index is 1.36. The zero-order valence-corrected chi connectivity index (χ0v) is 19.5. The van der Waals surface area contributed by atoms with E-state index < -0.39 is 11.8 Å².